The molecule has 3 atom stereocenters. The van der Waals surface area contributed by atoms with Crippen LogP contribution in [0.25, 0.3) is 0 Å². The SMILES string of the molecule is CCOC(=O)[C@H]1NC[C@@H](C)C1O. The van der Waals surface area contributed by atoms with Crippen molar-refractivity contribution in [2.75, 3.05) is 13.2 Å². The third-order valence-electron chi connectivity index (χ3n) is 2.12. The Morgan fingerprint density at radius 1 is 1.75 bits per heavy atom. The molecule has 1 fully saturated rings. The number of aliphatic hydroxyl groups excluding tert-OH is 1. The Bertz CT molecular complexity index is 172. The average molecular weight is 173 g/mol. The van der Waals surface area contributed by atoms with Gasteiger partial charge in [-0.1, -0.05) is 6.92 Å². The van der Waals surface area contributed by atoms with Crippen LogP contribution in [0.15, 0.2) is 0 Å². The van der Waals surface area contributed by atoms with Crippen molar-refractivity contribution < 1.29 is 14.6 Å². The van der Waals surface area contributed by atoms with Crippen molar-refractivity contribution >= 4 is 5.97 Å². The highest BCUT2D eigenvalue weighted by atomic mass is 16.5. The van der Waals surface area contributed by atoms with Gasteiger partial charge < -0.3 is 15.2 Å². The number of ether oxygens (including phenoxy) is 1. The lowest BCUT2D eigenvalue weighted by Crippen LogP contribution is -2.40. The van der Waals surface area contributed by atoms with E-state index >= 15 is 0 Å². The molecule has 1 aliphatic heterocycles. The molecule has 0 saturated carbocycles. The minimum Gasteiger partial charge on any atom is -0.465 e. The molecule has 1 aliphatic rings. The van der Waals surface area contributed by atoms with E-state index in [-0.39, 0.29) is 11.9 Å². The summed E-state index contributed by atoms with van der Waals surface area (Å²) in [6.07, 6.45) is -0.607. The summed E-state index contributed by atoms with van der Waals surface area (Å²) in [5.74, 6) is -0.228. The van der Waals surface area contributed by atoms with Crippen LogP contribution in [0.3, 0.4) is 0 Å². The first-order chi connectivity index (χ1) is 5.66. The van der Waals surface area contributed by atoms with Gasteiger partial charge in [0.25, 0.3) is 0 Å². The minimum atomic E-state index is -0.607. The van der Waals surface area contributed by atoms with Gasteiger partial charge in [0.05, 0.1) is 12.7 Å². The Morgan fingerprint density at radius 2 is 2.42 bits per heavy atom. The third kappa shape index (κ3) is 1.76. The zero-order chi connectivity index (χ0) is 9.14. The van der Waals surface area contributed by atoms with Crippen LogP contribution in [0.4, 0.5) is 0 Å². The van der Waals surface area contributed by atoms with Gasteiger partial charge in [0, 0.05) is 6.54 Å². The molecule has 0 aliphatic carbocycles. The Kier molecular flexibility index (Phi) is 3.05. The van der Waals surface area contributed by atoms with Crippen LogP contribution in [-0.4, -0.2) is 36.4 Å². The van der Waals surface area contributed by atoms with E-state index in [0.717, 1.165) is 0 Å². The van der Waals surface area contributed by atoms with Crippen LogP contribution < -0.4 is 5.32 Å². The van der Waals surface area contributed by atoms with Crippen LogP contribution >= 0.6 is 0 Å². The monoisotopic (exact) mass is 173 g/mol. The highest BCUT2D eigenvalue weighted by Crippen LogP contribution is 2.14. The summed E-state index contributed by atoms with van der Waals surface area (Å²) >= 11 is 0. The smallest absolute Gasteiger partial charge is 0.325 e. The number of hydrogen-bond acceptors (Lipinski definition) is 4. The highest BCUT2D eigenvalue weighted by Gasteiger charge is 2.37. The van der Waals surface area contributed by atoms with E-state index in [1.54, 1.807) is 6.92 Å². The number of hydrogen-bond donors (Lipinski definition) is 2. The first-order valence-electron chi connectivity index (χ1n) is 4.25. The maximum absolute atomic E-state index is 11.2. The molecule has 0 aromatic heterocycles. The van der Waals surface area contributed by atoms with Crippen LogP contribution in [-0.2, 0) is 9.53 Å². The molecule has 70 valence electrons. The Hall–Kier alpha value is -0.610. The van der Waals surface area contributed by atoms with E-state index in [4.69, 9.17) is 4.74 Å². The summed E-state index contributed by atoms with van der Waals surface area (Å²) in [5.41, 5.74) is 0. The maximum Gasteiger partial charge on any atom is 0.325 e. The van der Waals surface area contributed by atoms with E-state index in [2.05, 4.69) is 5.32 Å². The number of carbonyl (C=O) groups excluding carboxylic acids is 1. The second-order valence-corrected chi connectivity index (χ2v) is 3.11. The first kappa shape index (κ1) is 9.48. The van der Waals surface area contributed by atoms with Gasteiger partial charge in [-0.3, -0.25) is 4.79 Å². The van der Waals surface area contributed by atoms with E-state index in [0.29, 0.717) is 13.2 Å². The predicted octanol–water partition coefficient (Wildman–Crippen LogP) is -0.482. The topological polar surface area (TPSA) is 58.6 Å². The molecule has 2 N–H and O–H groups in total. The summed E-state index contributed by atoms with van der Waals surface area (Å²) in [4.78, 5) is 11.2. The molecule has 1 saturated heterocycles. The fourth-order valence-corrected chi connectivity index (χ4v) is 1.34. The third-order valence-corrected chi connectivity index (χ3v) is 2.12. The lowest BCUT2D eigenvalue weighted by atomic mass is 10.0. The molecule has 0 bridgehead atoms. The Morgan fingerprint density at radius 3 is 2.83 bits per heavy atom. The van der Waals surface area contributed by atoms with Crippen molar-refractivity contribution in [2.24, 2.45) is 5.92 Å². The predicted molar refractivity (Wildman–Crippen MR) is 43.6 cm³/mol. The quantitative estimate of drug-likeness (QED) is 0.554. The molecule has 1 heterocycles. The Balaban J connectivity index is 2.47. The summed E-state index contributed by atoms with van der Waals surface area (Å²) < 4.78 is 4.78. The van der Waals surface area contributed by atoms with Gasteiger partial charge in [-0.05, 0) is 12.8 Å². The second kappa shape index (κ2) is 3.87. The van der Waals surface area contributed by atoms with E-state index in [1.807, 2.05) is 6.92 Å². The van der Waals surface area contributed by atoms with E-state index in [1.165, 1.54) is 0 Å². The van der Waals surface area contributed by atoms with Gasteiger partial charge in [-0.25, -0.2) is 0 Å². The average Bonchev–Trinajstić information content (AvgIpc) is 2.34. The number of esters is 1. The molecule has 12 heavy (non-hydrogen) atoms. The standard InChI is InChI=1S/C8H15NO3/c1-3-12-8(11)6-7(10)5(2)4-9-6/h5-7,9-10H,3-4H2,1-2H3/t5-,6+,7?/m1/s1. The van der Waals surface area contributed by atoms with Gasteiger partial charge in [-0.15, -0.1) is 0 Å². The number of nitrogens with one attached hydrogen (secondary N) is 1. The molecule has 4 heteroatoms. The maximum atomic E-state index is 11.2. The fourth-order valence-electron chi connectivity index (χ4n) is 1.34. The van der Waals surface area contributed by atoms with Crippen molar-refractivity contribution in [3.8, 4) is 0 Å². The fraction of sp³-hybridized carbons (Fsp3) is 0.875. The lowest BCUT2D eigenvalue weighted by Gasteiger charge is -2.14. The second-order valence-electron chi connectivity index (χ2n) is 3.11. The van der Waals surface area contributed by atoms with Crippen molar-refractivity contribution in [1.29, 1.82) is 0 Å². The van der Waals surface area contributed by atoms with Crippen molar-refractivity contribution in [3.05, 3.63) is 0 Å². The summed E-state index contributed by atoms with van der Waals surface area (Å²) in [5, 5.41) is 12.4. The van der Waals surface area contributed by atoms with E-state index < -0.39 is 12.1 Å². The molecule has 1 rings (SSSR count). The highest BCUT2D eigenvalue weighted by molar-refractivity contribution is 5.77. The molecule has 0 radical (unpaired) electrons. The zero-order valence-electron chi connectivity index (χ0n) is 7.41. The van der Waals surface area contributed by atoms with Gasteiger partial charge in [0.2, 0.25) is 0 Å². The molecule has 0 amide bonds. The summed E-state index contributed by atoms with van der Waals surface area (Å²) in [7, 11) is 0. The van der Waals surface area contributed by atoms with Gasteiger partial charge in [-0.2, -0.15) is 0 Å². The molecular formula is C8H15NO3. The van der Waals surface area contributed by atoms with Crippen LogP contribution in [0.2, 0.25) is 0 Å². The normalized spacial score (nSPS) is 35.1. The first-order valence-corrected chi connectivity index (χ1v) is 4.25. The molecule has 1 unspecified atom stereocenters. The number of rotatable bonds is 2. The van der Waals surface area contributed by atoms with Crippen LogP contribution in [0.1, 0.15) is 13.8 Å². The largest absolute Gasteiger partial charge is 0.465 e. The van der Waals surface area contributed by atoms with Crippen LogP contribution in [0, 0.1) is 5.92 Å². The van der Waals surface area contributed by atoms with Crippen LogP contribution in [0.5, 0.6) is 0 Å². The molecule has 0 aromatic carbocycles. The van der Waals surface area contributed by atoms with E-state index in [9.17, 15) is 9.90 Å². The lowest BCUT2D eigenvalue weighted by molar-refractivity contribution is -0.147. The van der Waals surface area contributed by atoms with Crippen molar-refractivity contribution in [2.45, 2.75) is 26.0 Å². The zero-order valence-corrected chi connectivity index (χ0v) is 7.41. The molecule has 4 nitrogen and oxygen atoms in total. The molecular weight excluding hydrogens is 158 g/mol. The molecule has 0 spiro atoms. The number of carbonyl (C=O) groups is 1. The summed E-state index contributed by atoms with van der Waals surface area (Å²) in [6, 6.07) is -0.528. The summed E-state index contributed by atoms with van der Waals surface area (Å²) in [6.45, 7) is 4.68. The Labute approximate surface area is 71.9 Å². The minimum absolute atomic E-state index is 0.124. The van der Waals surface area contributed by atoms with Crippen molar-refractivity contribution in [3.63, 3.8) is 0 Å². The molecule has 0 aromatic rings. The number of aliphatic hydroxyl groups is 1. The van der Waals surface area contributed by atoms with Gasteiger partial charge in [0.1, 0.15) is 6.04 Å². The van der Waals surface area contributed by atoms with Gasteiger partial charge >= 0.3 is 5.97 Å². The van der Waals surface area contributed by atoms with Crippen molar-refractivity contribution in [1.82, 2.24) is 5.32 Å². The van der Waals surface area contributed by atoms with Gasteiger partial charge in [0.15, 0.2) is 0 Å².